The van der Waals surface area contributed by atoms with E-state index in [2.05, 4.69) is 0 Å². The summed E-state index contributed by atoms with van der Waals surface area (Å²) < 4.78 is 7.35. The number of quaternary nitrogens is 1. The molecule has 4 N–H and O–H groups in total. The van der Waals surface area contributed by atoms with Crippen LogP contribution in [0.5, 0.6) is 5.75 Å². The van der Waals surface area contributed by atoms with Gasteiger partial charge in [-0.2, -0.15) is 0 Å². The average Bonchev–Trinajstić information content (AvgIpc) is 2.64. The van der Waals surface area contributed by atoms with E-state index in [1.165, 1.54) is 14.1 Å². The molecule has 0 saturated heterocycles. The highest BCUT2D eigenvalue weighted by Crippen LogP contribution is 2.22. The summed E-state index contributed by atoms with van der Waals surface area (Å²) >= 11 is 0. The fourth-order valence-corrected chi connectivity index (χ4v) is 2.99. The molecule has 0 saturated carbocycles. The summed E-state index contributed by atoms with van der Waals surface area (Å²) in [6.07, 6.45) is 0. The van der Waals surface area contributed by atoms with Crippen molar-refractivity contribution in [1.82, 2.24) is 9.13 Å². The maximum Gasteiger partial charge on any atom is 0.332 e. The van der Waals surface area contributed by atoms with Crippen LogP contribution in [0.3, 0.4) is 0 Å². The Balaban J connectivity index is 2.34. The van der Waals surface area contributed by atoms with Gasteiger partial charge in [-0.15, -0.1) is 0 Å². The molecule has 0 aliphatic heterocycles. The zero-order valence-electron chi connectivity index (χ0n) is 15.6. The Kier molecular flexibility index (Phi) is 5.66. The normalized spacial score (nSPS) is 13.3. The average molecular weight is 361 g/mol. The lowest BCUT2D eigenvalue weighted by Crippen LogP contribution is -2.91. The molecule has 0 aliphatic rings. The van der Waals surface area contributed by atoms with Gasteiger partial charge < -0.3 is 15.8 Å². The summed E-state index contributed by atoms with van der Waals surface area (Å²) in [5.41, 5.74) is 5.41. The maximum atomic E-state index is 12.9. The first-order valence-corrected chi connectivity index (χ1v) is 8.28. The summed E-state index contributed by atoms with van der Waals surface area (Å²) in [7, 11) is 4.35. The summed E-state index contributed by atoms with van der Waals surface area (Å²) in [5, 5.41) is 1.84. The Labute approximate surface area is 151 Å². The minimum absolute atomic E-state index is 0.0808. The van der Waals surface area contributed by atoms with Crippen LogP contribution >= 0.6 is 0 Å². The lowest BCUT2D eigenvalue weighted by Gasteiger charge is -2.19. The lowest BCUT2D eigenvalue weighted by atomic mass is 10.0. The predicted molar refractivity (Wildman–Crippen MR) is 98.5 cm³/mol. The highest BCUT2D eigenvalue weighted by molar-refractivity contribution is 6.02. The van der Waals surface area contributed by atoms with E-state index in [0.717, 1.165) is 20.4 Å². The van der Waals surface area contributed by atoms with Crippen LogP contribution in [-0.2, 0) is 14.1 Å². The van der Waals surface area contributed by atoms with Gasteiger partial charge in [0.05, 0.1) is 12.7 Å². The first-order valence-electron chi connectivity index (χ1n) is 8.28. The van der Waals surface area contributed by atoms with Gasteiger partial charge in [-0.1, -0.05) is 12.1 Å². The zero-order chi connectivity index (χ0) is 19.6. The van der Waals surface area contributed by atoms with Gasteiger partial charge in [-0.05, 0) is 26.0 Å². The van der Waals surface area contributed by atoms with E-state index in [1.807, 2.05) is 36.5 Å². The van der Waals surface area contributed by atoms with Crippen LogP contribution in [-0.4, -0.2) is 28.1 Å². The van der Waals surface area contributed by atoms with Gasteiger partial charge in [0.25, 0.3) is 5.56 Å². The van der Waals surface area contributed by atoms with Crippen LogP contribution in [0, 0.1) is 0 Å². The zero-order valence-corrected chi connectivity index (χ0v) is 15.6. The van der Waals surface area contributed by atoms with Crippen LogP contribution < -0.4 is 27.0 Å². The molecule has 0 radical (unpaired) electrons. The van der Waals surface area contributed by atoms with Gasteiger partial charge in [0.1, 0.15) is 29.2 Å². The summed E-state index contributed by atoms with van der Waals surface area (Å²) in [6.45, 7) is 3.65. The van der Waals surface area contributed by atoms with Crippen molar-refractivity contribution in [3.63, 3.8) is 0 Å². The molecule has 2 aromatic rings. The van der Waals surface area contributed by atoms with Crippen molar-refractivity contribution in [1.29, 1.82) is 0 Å². The van der Waals surface area contributed by atoms with Crippen molar-refractivity contribution in [3.8, 4) is 5.75 Å². The van der Waals surface area contributed by atoms with Gasteiger partial charge in [0.15, 0.2) is 0 Å². The van der Waals surface area contributed by atoms with Gasteiger partial charge in [-0.25, -0.2) is 4.79 Å². The number of nitrogens with two attached hydrogens (primary N) is 2. The number of methoxy groups -OCH3 is 1. The second-order valence-corrected chi connectivity index (χ2v) is 6.34. The minimum atomic E-state index is -0.680. The number of carbonyl (C=O) groups excluding carboxylic acids is 1. The van der Waals surface area contributed by atoms with Crippen molar-refractivity contribution in [3.05, 3.63) is 56.2 Å². The van der Waals surface area contributed by atoms with Gasteiger partial charge in [-0.3, -0.25) is 18.7 Å². The minimum Gasteiger partial charge on any atom is -0.496 e. The molecule has 0 aliphatic carbocycles. The first-order chi connectivity index (χ1) is 12.2. The van der Waals surface area contributed by atoms with E-state index in [0.29, 0.717) is 0 Å². The number of nitrogens with zero attached hydrogens (tertiary/aromatic N) is 2. The number of nitrogen functional groups attached to an aromatic ring is 1. The quantitative estimate of drug-likeness (QED) is 0.678. The van der Waals surface area contributed by atoms with Crippen LogP contribution in [0.1, 0.15) is 35.8 Å². The first kappa shape index (κ1) is 19.5. The Morgan fingerprint density at radius 1 is 1.15 bits per heavy atom. The lowest BCUT2D eigenvalue weighted by molar-refractivity contribution is -0.709. The molecule has 0 amide bonds. The Bertz CT molecular complexity index is 945. The second-order valence-electron chi connectivity index (χ2n) is 6.34. The molecule has 0 spiro atoms. The van der Waals surface area contributed by atoms with E-state index < -0.39 is 23.1 Å². The largest absolute Gasteiger partial charge is 0.496 e. The molecule has 1 heterocycles. The fraction of sp³-hybridized carbons (Fsp3) is 0.389. The van der Waals surface area contributed by atoms with Crippen LogP contribution in [0.4, 0.5) is 5.82 Å². The number of carbonyl (C=O) groups is 1. The highest BCUT2D eigenvalue weighted by atomic mass is 16.5. The number of hydrogen-bond acceptors (Lipinski definition) is 5. The Morgan fingerprint density at radius 3 is 2.38 bits per heavy atom. The van der Waals surface area contributed by atoms with Gasteiger partial charge >= 0.3 is 5.69 Å². The van der Waals surface area contributed by atoms with Crippen molar-refractivity contribution < 1.29 is 14.8 Å². The Morgan fingerprint density at radius 2 is 1.77 bits per heavy atom. The molecule has 8 heteroatoms. The number of benzene rings is 1. The molecule has 0 unspecified atom stereocenters. The van der Waals surface area contributed by atoms with Gasteiger partial charge in [0, 0.05) is 14.1 Å². The number of hydrogen-bond donors (Lipinski definition) is 2. The molecule has 0 bridgehead atoms. The van der Waals surface area contributed by atoms with E-state index in [-0.39, 0.29) is 17.4 Å². The number of aromatic nitrogens is 2. The number of Topliss-reactive ketones (excluding diaryl/α,β-unsaturated/α-hetero) is 1. The molecule has 1 aromatic carbocycles. The van der Waals surface area contributed by atoms with Crippen molar-refractivity contribution >= 4 is 11.6 Å². The third-order valence-corrected chi connectivity index (χ3v) is 4.58. The number of para-hydroxylation sites is 1. The van der Waals surface area contributed by atoms with Crippen molar-refractivity contribution in [2.75, 3.05) is 12.8 Å². The van der Waals surface area contributed by atoms with Crippen LogP contribution in [0.25, 0.3) is 0 Å². The summed E-state index contributed by atoms with van der Waals surface area (Å²) in [6, 6.07) is 6.91. The van der Waals surface area contributed by atoms with E-state index in [9.17, 15) is 14.4 Å². The molecule has 0 fully saturated rings. The van der Waals surface area contributed by atoms with Crippen LogP contribution in [0.2, 0.25) is 0 Å². The van der Waals surface area contributed by atoms with Gasteiger partial charge in [0.2, 0.25) is 5.78 Å². The molecule has 8 nitrogen and oxygen atoms in total. The SMILES string of the molecule is COc1ccccc1[C@@H](C)[NH2+][C@H](C)C(=O)c1c(N)n(C)c(=O)n(C)c1=O. The number of anilines is 1. The van der Waals surface area contributed by atoms with Crippen LogP contribution in [0.15, 0.2) is 33.9 Å². The fourth-order valence-electron chi connectivity index (χ4n) is 2.99. The third kappa shape index (κ3) is 3.41. The maximum absolute atomic E-state index is 12.9. The van der Waals surface area contributed by atoms with E-state index in [1.54, 1.807) is 14.0 Å². The molecule has 2 rings (SSSR count). The molecular formula is C18H25N4O4+. The molecule has 26 heavy (non-hydrogen) atoms. The number of ether oxygens (including phenoxy) is 1. The molecule has 140 valence electrons. The van der Waals surface area contributed by atoms with E-state index in [4.69, 9.17) is 10.5 Å². The van der Waals surface area contributed by atoms with E-state index >= 15 is 0 Å². The highest BCUT2D eigenvalue weighted by Gasteiger charge is 2.29. The second kappa shape index (κ2) is 7.57. The predicted octanol–water partition coefficient (Wildman–Crippen LogP) is -0.429. The molecule has 1 aromatic heterocycles. The summed E-state index contributed by atoms with van der Waals surface area (Å²) in [4.78, 5) is 37.1. The number of ketones is 1. The Hall–Kier alpha value is -2.87. The monoisotopic (exact) mass is 361 g/mol. The molecule has 2 atom stereocenters. The standard InChI is InChI=1S/C18H24N4O4/c1-10(12-8-6-7-9-13(12)26-5)20-11(2)15(23)14-16(19)21(3)18(25)22(4)17(14)24/h6-11,20H,19H2,1-5H3/p+1/t10-,11-/m1/s1. The van der Waals surface area contributed by atoms with Crippen molar-refractivity contribution in [2.24, 2.45) is 14.1 Å². The summed E-state index contributed by atoms with van der Waals surface area (Å²) in [5.74, 6) is 0.196. The van der Waals surface area contributed by atoms with Crippen molar-refractivity contribution in [2.45, 2.75) is 25.9 Å². The third-order valence-electron chi connectivity index (χ3n) is 4.58. The topological polar surface area (TPSA) is 113 Å². The molecular weight excluding hydrogens is 336 g/mol. The smallest absolute Gasteiger partial charge is 0.332 e. The number of rotatable bonds is 6.